The van der Waals surface area contributed by atoms with Crippen molar-refractivity contribution in [3.05, 3.63) is 29.6 Å². The molecular weight excluding hydrogens is 249 g/mol. The molecule has 0 aromatic heterocycles. The van der Waals surface area contributed by atoms with Crippen LogP contribution in [0.15, 0.2) is 18.2 Å². The highest BCUT2D eigenvalue weighted by Crippen LogP contribution is 2.19. The Labute approximate surface area is 112 Å². The maximum absolute atomic E-state index is 13.2. The van der Waals surface area contributed by atoms with Gasteiger partial charge >= 0.3 is 6.09 Å². The molecule has 0 atom stereocenters. The lowest BCUT2D eigenvalue weighted by molar-refractivity contribution is 0.0520. The summed E-state index contributed by atoms with van der Waals surface area (Å²) in [6.07, 6.45) is -0.493. The first-order chi connectivity index (χ1) is 8.79. The van der Waals surface area contributed by atoms with Crippen LogP contribution in [0.1, 0.15) is 26.3 Å². The van der Waals surface area contributed by atoms with Crippen LogP contribution in [0, 0.1) is 12.7 Å². The summed E-state index contributed by atoms with van der Waals surface area (Å²) in [5.74, 6) is 0.170. The Hall–Kier alpha value is -1.78. The van der Waals surface area contributed by atoms with Gasteiger partial charge in [-0.25, -0.2) is 9.18 Å². The van der Waals surface area contributed by atoms with E-state index in [1.54, 1.807) is 39.8 Å². The predicted molar refractivity (Wildman–Crippen MR) is 70.9 cm³/mol. The Kier molecular flexibility index (Phi) is 5.15. The molecule has 0 bridgehead atoms. The van der Waals surface area contributed by atoms with E-state index in [9.17, 15) is 9.18 Å². The minimum atomic E-state index is -0.524. The summed E-state index contributed by atoms with van der Waals surface area (Å²) in [5, 5.41) is 2.56. The van der Waals surface area contributed by atoms with Crippen LogP contribution in [0.25, 0.3) is 0 Å². The Morgan fingerprint density at radius 2 is 2.05 bits per heavy atom. The highest BCUT2D eigenvalue weighted by Gasteiger charge is 2.15. The van der Waals surface area contributed by atoms with Gasteiger partial charge in [0.05, 0.1) is 6.54 Å². The average Bonchev–Trinajstić information content (AvgIpc) is 2.27. The van der Waals surface area contributed by atoms with Gasteiger partial charge in [-0.1, -0.05) is 6.07 Å². The average molecular weight is 269 g/mol. The van der Waals surface area contributed by atoms with E-state index in [2.05, 4.69) is 5.32 Å². The third kappa shape index (κ3) is 5.59. The summed E-state index contributed by atoms with van der Waals surface area (Å²) < 4.78 is 23.7. The van der Waals surface area contributed by atoms with Crippen molar-refractivity contribution in [2.45, 2.75) is 33.3 Å². The molecule has 0 fully saturated rings. The molecule has 106 valence electrons. The van der Waals surface area contributed by atoms with Gasteiger partial charge in [-0.2, -0.15) is 0 Å². The standard InChI is InChI=1S/C14H20FNO3/c1-10-11(15)6-5-7-12(10)18-9-8-16-13(17)19-14(2,3)4/h5-7H,8-9H2,1-4H3,(H,16,17). The predicted octanol–water partition coefficient (Wildman–Crippen LogP) is 3.04. The maximum atomic E-state index is 13.2. The SMILES string of the molecule is Cc1c(F)cccc1OCCNC(=O)OC(C)(C)C. The number of nitrogens with one attached hydrogen (secondary N) is 1. The molecule has 4 nitrogen and oxygen atoms in total. The maximum Gasteiger partial charge on any atom is 0.407 e. The van der Waals surface area contributed by atoms with E-state index in [0.717, 1.165) is 0 Å². The summed E-state index contributed by atoms with van der Waals surface area (Å²) in [7, 11) is 0. The summed E-state index contributed by atoms with van der Waals surface area (Å²) >= 11 is 0. The largest absolute Gasteiger partial charge is 0.491 e. The van der Waals surface area contributed by atoms with Crippen molar-refractivity contribution in [2.24, 2.45) is 0 Å². The number of carbonyl (C=O) groups is 1. The van der Waals surface area contributed by atoms with Crippen molar-refractivity contribution in [1.29, 1.82) is 0 Å². The van der Waals surface area contributed by atoms with Crippen LogP contribution < -0.4 is 10.1 Å². The lowest BCUT2D eigenvalue weighted by atomic mass is 10.2. The van der Waals surface area contributed by atoms with E-state index in [1.807, 2.05) is 0 Å². The van der Waals surface area contributed by atoms with E-state index in [0.29, 0.717) is 17.9 Å². The van der Waals surface area contributed by atoms with Crippen LogP contribution in [0.4, 0.5) is 9.18 Å². The van der Waals surface area contributed by atoms with Crippen molar-refractivity contribution in [3.63, 3.8) is 0 Å². The van der Waals surface area contributed by atoms with Gasteiger partial charge in [-0.15, -0.1) is 0 Å². The third-order valence-electron chi connectivity index (χ3n) is 2.25. The zero-order chi connectivity index (χ0) is 14.5. The van der Waals surface area contributed by atoms with Crippen molar-refractivity contribution < 1.29 is 18.7 Å². The smallest absolute Gasteiger partial charge is 0.407 e. The zero-order valence-electron chi connectivity index (χ0n) is 11.7. The van der Waals surface area contributed by atoms with E-state index in [-0.39, 0.29) is 12.4 Å². The third-order valence-corrected chi connectivity index (χ3v) is 2.25. The number of halogens is 1. The van der Waals surface area contributed by atoms with Gasteiger partial charge in [-0.05, 0) is 39.8 Å². The molecule has 1 aromatic rings. The van der Waals surface area contributed by atoms with Gasteiger partial charge in [0.2, 0.25) is 0 Å². The monoisotopic (exact) mass is 269 g/mol. The van der Waals surface area contributed by atoms with Gasteiger partial charge in [0.25, 0.3) is 0 Å². The van der Waals surface area contributed by atoms with Crippen molar-refractivity contribution >= 4 is 6.09 Å². The molecule has 0 saturated heterocycles. The topological polar surface area (TPSA) is 47.6 Å². The molecule has 0 radical (unpaired) electrons. The number of benzene rings is 1. The number of alkyl carbamates (subject to hydrolysis) is 1. The first kappa shape index (κ1) is 15.3. The van der Waals surface area contributed by atoms with Gasteiger partial charge in [0.1, 0.15) is 23.8 Å². The number of amides is 1. The molecule has 1 amide bonds. The summed E-state index contributed by atoms with van der Waals surface area (Å²) in [5.41, 5.74) is -0.0656. The van der Waals surface area contributed by atoms with Crippen LogP contribution in [0.3, 0.4) is 0 Å². The van der Waals surface area contributed by atoms with Crippen LogP contribution >= 0.6 is 0 Å². The van der Waals surface area contributed by atoms with Crippen LogP contribution in [0.2, 0.25) is 0 Å². The summed E-state index contributed by atoms with van der Waals surface area (Å²) in [6.45, 7) is 7.57. The minimum Gasteiger partial charge on any atom is -0.491 e. The fourth-order valence-electron chi connectivity index (χ4n) is 1.37. The second-order valence-electron chi connectivity index (χ2n) is 5.14. The minimum absolute atomic E-state index is 0.254. The fourth-order valence-corrected chi connectivity index (χ4v) is 1.37. The highest BCUT2D eigenvalue weighted by atomic mass is 19.1. The van der Waals surface area contributed by atoms with Crippen LogP contribution in [-0.2, 0) is 4.74 Å². The molecule has 0 unspecified atom stereocenters. The zero-order valence-corrected chi connectivity index (χ0v) is 11.7. The Morgan fingerprint density at radius 3 is 2.68 bits per heavy atom. The molecule has 0 aliphatic rings. The lowest BCUT2D eigenvalue weighted by Gasteiger charge is -2.19. The molecule has 0 spiro atoms. The van der Waals surface area contributed by atoms with Crippen LogP contribution in [-0.4, -0.2) is 24.8 Å². The second kappa shape index (κ2) is 6.41. The molecule has 19 heavy (non-hydrogen) atoms. The van der Waals surface area contributed by atoms with Gasteiger partial charge in [-0.3, -0.25) is 0 Å². The van der Waals surface area contributed by atoms with Crippen molar-refractivity contribution in [1.82, 2.24) is 5.32 Å². The Bertz CT molecular complexity index is 441. The second-order valence-corrected chi connectivity index (χ2v) is 5.14. The molecule has 1 rings (SSSR count). The molecular formula is C14H20FNO3. The van der Waals surface area contributed by atoms with Gasteiger partial charge in [0, 0.05) is 5.56 Å². The lowest BCUT2D eigenvalue weighted by Crippen LogP contribution is -2.34. The van der Waals surface area contributed by atoms with E-state index >= 15 is 0 Å². The quantitative estimate of drug-likeness (QED) is 0.855. The summed E-state index contributed by atoms with van der Waals surface area (Å²) in [6, 6.07) is 4.64. The molecule has 1 aromatic carbocycles. The van der Waals surface area contributed by atoms with Crippen molar-refractivity contribution in [3.8, 4) is 5.75 Å². The highest BCUT2D eigenvalue weighted by molar-refractivity contribution is 5.67. The number of hydrogen-bond donors (Lipinski definition) is 1. The van der Waals surface area contributed by atoms with Gasteiger partial charge in [0.15, 0.2) is 0 Å². The van der Waals surface area contributed by atoms with Gasteiger partial charge < -0.3 is 14.8 Å². The molecule has 0 heterocycles. The first-order valence-electron chi connectivity index (χ1n) is 6.14. The Morgan fingerprint density at radius 1 is 1.37 bits per heavy atom. The molecule has 1 N–H and O–H groups in total. The number of hydrogen-bond acceptors (Lipinski definition) is 3. The first-order valence-corrected chi connectivity index (χ1v) is 6.14. The fraction of sp³-hybridized carbons (Fsp3) is 0.500. The van der Waals surface area contributed by atoms with Crippen LogP contribution in [0.5, 0.6) is 5.75 Å². The molecule has 0 aliphatic carbocycles. The Balaban J connectivity index is 2.32. The number of rotatable bonds is 4. The molecule has 5 heteroatoms. The molecule has 0 saturated carbocycles. The summed E-state index contributed by atoms with van der Waals surface area (Å²) in [4.78, 5) is 11.3. The number of ether oxygens (including phenoxy) is 2. The van der Waals surface area contributed by atoms with E-state index in [1.165, 1.54) is 6.07 Å². The van der Waals surface area contributed by atoms with E-state index < -0.39 is 11.7 Å². The van der Waals surface area contributed by atoms with E-state index in [4.69, 9.17) is 9.47 Å². The normalized spacial score (nSPS) is 11.0. The van der Waals surface area contributed by atoms with Crippen molar-refractivity contribution in [2.75, 3.05) is 13.2 Å². The molecule has 0 aliphatic heterocycles. The number of carbonyl (C=O) groups excluding carboxylic acids is 1.